The molecule has 2 atom stereocenters. The first-order valence-electron chi connectivity index (χ1n) is 9.47. The molecule has 0 aromatic heterocycles. The third-order valence-corrected chi connectivity index (χ3v) is 5.81. The summed E-state index contributed by atoms with van der Waals surface area (Å²) in [5.41, 5.74) is 0.644. The number of ether oxygens (including phenoxy) is 2. The van der Waals surface area contributed by atoms with Crippen LogP contribution in [0.15, 0.2) is 18.2 Å². The minimum Gasteiger partial charge on any atom is -0.497 e. The number of hydrogen-bond acceptors (Lipinski definition) is 3. The maximum Gasteiger partial charge on any atom is 0.254 e. The van der Waals surface area contributed by atoms with Gasteiger partial charge in [0.1, 0.15) is 11.5 Å². The van der Waals surface area contributed by atoms with E-state index >= 15 is 0 Å². The Balaban J connectivity index is 1.61. The molecule has 3 rings (SSSR count). The second-order valence-corrected chi connectivity index (χ2v) is 7.52. The molecule has 1 aromatic carbocycles. The topological polar surface area (TPSA) is 43.2 Å². The van der Waals surface area contributed by atoms with Gasteiger partial charge in [-0.1, -0.05) is 13.3 Å². The number of benzene rings is 1. The van der Waals surface area contributed by atoms with E-state index in [4.69, 9.17) is 9.47 Å². The van der Waals surface area contributed by atoms with Crippen LogP contribution in [0.4, 0.5) is 0 Å². The number of rotatable bonds is 4. The molecule has 0 bridgehead atoms. The van der Waals surface area contributed by atoms with Crippen molar-refractivity contribution in [2.75, 3.05) is 40.4 Å². The number of nitrogens with one attached hydrogen (secondary N) is 1. The summed E-state index contributed by atoms with van der Waals surface area (Å²) in [6.07, 6.45) is 5.44. The molecule has 1 amide bonds. The molecule has 2 aliphatic rings. The van der Waals surface area contributed by atoms with Gasteiger partial charge in [0, 0.05) is 18.1 Å². The van der Waals surface area contributed by atoms with Gasteiger partial charge in [0.15, 0.2) is 0 Å². The predicted molar refractivity (Wildman–Crippen MR) is 97.6 cm³/mol. The van der Waals surface area contributed by atoms with Crippen LogP contribution >= 0.6 is 0 Å². The lowest BCUT2D eigenvalue weighted by atomic mass is 9.86. The fourth-order valence-electron chi connectivity index (χ4n) is 4.32. The van der Waals surface area contributed by atoms with Crippen molar-refractivity contribution in [3.63, 3.8) is 0 Å². The van der Waals surface area contributed by atoms with Gasteiger partial charge in [0.2, 0.25) is 0 Å². The molecule has 1 aliphatic heterocycles. The minimum atomic E-state index is 0.0771. The summed E-state index contributed by atoms with van der Waals surface area (Å²) < 4.78 is 10.6. The van der Waals surface area contributed by atoms with E-state index in [0.29, 0.717) is 17.1 Å². The van der Waals surface area contributed by atoms with Crippen LogP contribution in [0.25, 0.3) is 0 Å². The first-order valence-corrected chi connectivity index (χ1v) is 9.47. The molecule has 0 radical (unpaired) electrons. The third-order valence-electron chi connectivity index (χ3n) is 5.81. The molecule has 0 spiro atoms. The van der Waals surface area contributed by atoms with E-state index in [-0.39, 0.29) is 5.91 Å². The molecular formula is C20H31N2O3+. The highest BCUT2D eigenvalue weighted by Gasteiger charge is 2.32. The molecule has 0 unspecified atom stereocenters. The van der Waals surface area contributed by atoms with Gasteiger partial charge in [-0.3, -0.25) is 4.79 Å². The smallest absolute Gasteiger partial charge is 0.254 e. The second kappa shape index (κ2) is 8.09. The number of amides is 1. The highest BCUT2D eigenvalue weighted by Crippen LogP contribution is 2.24. The van der Waals surface area contributed by atoms with Crippen LogP contribution in [-0.2, 0) is 0 Å². The third kappa shape index (κ3) is 4.27. The summed E-state index contributed by atoms with van der Waals surface area (Å²) in [5, 5.41) is 0. The van der Waals surface area contributed by atoms with Crippen LogP contribution in [0.2, 0.25) is 0 Å². The summed E-state index contributed by atoms with van der Waals surface area (Å²) in [6.45, 7) is 6.16. The van der Waals surface area contributed by atoms with Crippen molar-refractivity contribution >= 4 is 5.91 Å². The number of methoxy groups -OCH3 is 2. The second-order valence-electron chi connectivity index (χ2n) is 7.52. The minimum absolute atomic E-state index is 0.0771. The lowest BCUT2D eigenvalue weighted by Gasteiger charge is -2.39. The Kier molecular flexibility index (Phi) is 5.84. The average Bonchev–Trinajstić information content (AvgIpc) is 2.67. The fraction of sp³-hybridized carbons (Fsp3) is 0.650. The van der Waals surface area contributed by atoms with Crippen LogP contribution in [0.1, 0.15) is 43.0 Å². The Morgan fingerprint density at radius 2 is 1.72 bits per heavy atom. The van der Waals surface area contributed by atoms with Crippen molar-refractivity contribution in [1.82, 2.24) is 4.90 Å². The lowest BCUT2D eigenvalue weighted by molar-refractivity contribution is -0.930. The van der Waals surface area contributed by atoms with Crippen molar-refractivity contribution in [3.8, 4) is 11.5 Å². The van der Waals surface area contributed by atoms with E-state index in [9.17, 15) is 4.79 Å². The number of carbonyl (C=O) groups is 1. The fourth-order valence-corrected chi connectivity index (χ4v) is 4.32. The zero-order valence-electron chi connectivity index (χ0n) is 15.7. The zero-order chi connectivity index (χ0) is 17.8. The monoisotopic (exact) mass is 347 g/mol. The molecule has 1 heterocycles. The Morgan fingerprint density at radius 1 is 1.08 bits per heavy atom. The molecule has 1 aliphatic carbocycles. The number of nitrogens with zero attached hydrogens (tertiary/aromatic N) is 1. The highest BCUT2D eigenvalue weighted by atomic mass is 16.5. The van der Waals surface area contributed by atoms with Crippen LogP contribution in [0, 0.1) is 5.92 Å². The van der Waals surface area contributed by atoms with Gasteiger partial charge >= 0.3 is 0 Å². The SMILES string of the molecule is COc1cc(OC)cc(C(=O)N2CC[NH+]([C@H]3CCC[C@H](C)C3)CC2)c1. The Hall–Kier alpha value is -1.75. The molecule has 2 fully saturated rings. The van der Waals surface area contributed by atoms with E-state index in [1.54, 1.807) is 37.3 Å². The maximum atomic E-state index is 12.9. The first kappa shape index (κ1) is 18.1. The van der Waals surface area contributed by atoms with E-state index in [1.807, 2.05) is 4.90 Å². The predicted octanol–water partition coefficient (Wildman–Crippen LogP) is 1.62. The summed E-state index contributed by atoms with van der Waals surface area (Å²) in [6, 6.07) is 6.18. The van der Waals surface area contributed by atoms with Crippen molar-refractivity contribution in [3.05, 3.63) is 23.8 Å². The Bertz CT molecular complexity index is 574. The lowest BCUT2D eigenvalue weighted by Crippen LogP contribution is -3.18. The number of carbonyl (C=O) groups excluding carboxylic acids is 1. The largest absolute Gasteiger partial charge is 0.497 e. The number of quaternary nitrogens is 1. The van der Waals surface area contributed by atoms with Gasteiger partial charge < -0.3 is 19.3 Å². The van der Waals surface area contributed by atoms with Gasteiger partial charge in [-0.2, -0.15) is 0 Å². The Labute approximate surface area is 150 Å². The highest BCUT2D eigenvalue weighted by molar-refractivity contribution is 5.95. The van der Waals surface area contributed by atoms with E-state index < -0.39 is 0 Å². The number of piperazine rings is 1. The van der Waals surface area contributed by atoms with Crippen LogP contribution in [-0.4, -0.2) is 57.2 Å². The molecule has 1 aromatic rings. The van der Waals surface area contributed by atoms with Gasteiger partial charge in [0.25, 0.3) is 5.91 Å². The van der Waals surface area contributed by atoms with E-state index in [1.165, 1.54) is 25.7 Å². The molecule has 1 saturated heterocycles. The average molecular weight is 347 g/mol. The normalized spacial score (nSPS) is 24.8. The molecule has 1 saturated carbocycles. The maximum absolute atomic E-state index is 12.9. The van der Waals surface area contributed by atoms with E-state index in [0.717, 1.165) is 38.1 Å². The van der Waals surface area contributed by atoms with Gasteiger partial charge in [-0.25, -0.2) is 0 Å². The van der Waals surface area contributed by atoms with E-state index in [2.05, 4.69) is 6.92 Å². The zero-order valence-corrected chi connectivity index (χ0v) is 15.7. The van der Waals surface area contributed by atoms with Crippen LogP contribution in [0.3, 0.4) is 0 Å². The van der Waals surface area contributed by atoms with Crippen molar-refractivity contribution in [2.24, 2.45) is 5.92 Å². The summed E-state index contributed by atoms with van der Waals surface area (Å²) in [4.78, 5) is 16.5. The molecule has 1 N–H and O–H groups in total. The summed E-state index contributed by atoms with van der Waals surface area (Å²) in [7, 11) is 3.21. The van der Waals surface area contributed by atoms with Crippen LogP contribution < -0.4 is 14.4 Å². The first-order chi connectivity index (χ1) is 12.1. The van der Waals surface area contributed by atoms with Crippen molar-refractivity contribution in [1.29, 1.82) is 0 Å². The quantitative estimate of drug-likeness (QED) is 0.900. The summed E-state index contributed by atoms with van der Waals surface area (Å²) in [5.74, 6) is 2.25. The molecule has 138 valence electrons. The molecule has 5 heteroatoms. The van der Waals surface area contributed by atoms with Crippen molar-refractivity contribution < 1.29 is 19.2 Å². The molecular weight excluding hydrogens is 316 g/mol. The standard InChI is InChI=1S/C20H30N2O3/c1-15-5-4-6-17(11-15)21-7-9-22(10-8-21)20(23)16-12-18(24-2)14-19(13-16)25-3/h12-15,17H,4-11H2,1-3H3/p+1/t15-,17-/m0/s1. The van der Waals surface area contributed by atoms with Gasteiger partial charge in [-0.05, 0) is 30.9 Å². The molecule has 5 nitrogen and oxygen atoms in total. The van der Waals surface area contributed by atoms with Gasteiger partial charge in [-0.15, -0.1) is 0 Å². The molecule has 25 heavy (non-hydrogen) atoms. The summed E-state index contributed by atoms with van der Waals surface area (Å²) >= 11 is 0. The van der Waals surface area contributed by atoms with Crippen LogP contribution in [0.5, 0.6) is 11.5 Å². The van der Waals surface area contributed by atoms with Gasteiger partial charge in [0.05, 0.1) is 46.4 Å². The van der Waals surface area contributed by atoms with Crippen molar-refractivity contribution in [2.45, 2.75) is 38.6 Å². The Morgan fingerprint density at radius 3 is 2.28 bits per heavy atom. The number of hydrogen-bond donors (Lipinski definition) is 1.